The molecule has 1 amide bonds. The Labute approximate surface area is 140 Å². The van der Waals surface area contributed by atoms with E-state index in [-0.39, 0.29) is 5.91 Å². The van der Waals surface area contributed by atoms with Crippen molar-refractivity contribution in [3.8, 4) is 0 Å². The van der Waals surface area contributed by atoms with Crippen LogP contribution in [0, 0.1) is 6.92 Å². The van der Waals surface area contributed by atoms with Crippen LogP contribution >= 0.6 is 12.2 Å². The molecule has 0 aliphatic heterocycles. The van der Waals surface area contributed by atoms with Crippen molar-refractivity contribution in [2.75, 3.05) is 0 Å². The normalized spacial score (nSPS) is 10.0. The van der Waals surface area contributed by atoms with Crippen molar-refractivity contribution in [3.63, 3.8) is 0 Å². The van der Waals surface area contributed by atoms with E-state index in [9.17, 15) is 4.79 Å². The van der Waals surface area contributed by atoms with E-state index in [1.54, 1.807) is 12.1 Å². The van der Waals surface area contributed by atoms with Gasteiger partial charge < -0.3 is 10.2 Å². The molecule has 0 aromatic heterocycles. The van der Waals surface area contributed by atoms with Gasteiger partial charge in [0.1, 0.15) is 5.76 Å². The Hall–Kier alpha value is -2.50. The number of rotatable bonds is 5. The third-order valence-corrected chi connectivity index (χ3v) is 3.62. The second kappa shape index (κ2) is 7.67. The predicted molar refractivity (Wildman–Crippen MR) is 95.7 cm³/mol. The van der Waals surface area contributed by atoms with E-state index in [1.807, 2.05) is 43.3 Å². The van der Waals surface area contributed by atoms with Crippen LogP contribution < -0.4 is 11.2 Å². The van der Waals surface area contributed by atoms with Crippen LogP contribution in [-0.4, -0.2) is 10.9 Å². The highest BCUT2D eigenvalue weighted by Crippen LogP contribution is 2.18. The summed E-state index contributed by atoms with van der Waals surface area (Å²) in [7, 11) is 0. The fourth-order valence-corrected chi connectivity index (χ4v) is 2.38. The number of amides is 1. The zero-order valence-corrected chi connectivity index (χ0v) is 13.7. The molecule has 0 atom stereocenters. The van der Waals surface area contributed by atoms with Crippen LogP contribution in [0.25, 0.3) is 5.76 Å². The van der Waals surface area contributed by atoms with Crippen molar-refractivity contribution >= 4 is 28.9 Å². The van der Waals surface area contributed by atoms with Gasteiger partial charge in [0, 0.05) is 17.5 Å². The molecule has 2 aromatic carbocycles. The summed E-state index contributed by atoms with van der Waals surface area (Å²) >= 11 is 5.29. The average Bonchev–Trinajstić information content (AvgIpc) is 2.55. The fraction of sp³-hybridized carbons (Fsp3) is 0.111. The van der Waals surface area contributed by atoms with Gasteiger partial charge in [-0.15, -0.1) is 0 Å². The zero-order chi connectivity index (χ0) is 16.8. The highest BCUT2D eigenvalue weighted by molar-refractivity contribution is 7.80. The van der Waals surface area contributed by atoms with Gasteiger partial charge in [0.25, 0.3) is 5.91 Å². The Morgan fingerprint density at radius 3 is 2.52 bits per heavy atom. The molecule has 0 unspecified atom stereocenters. The van der Waals surface area contributed by atoms with Crippen molar-refractivity contribution in [2.45, 2.75) is 13.3 Å². The largest absolute Gasteiger partial charge is 0.412 e. The number of benzene rings is 2. The first kappa shape index (κ1) is 16.9. The summed E-state index contributed by atoms with van der Waals surface area (Å²) in [5.74, 6) is 5.30. The molecule has 0 saturated heterocycles. The van der Waals surface area contributed by atoms with Gasteiger partial charge in [-0.3, -0.25) is 4.79 Å². The van der Waals surface area contributed by atoms with Crippen LogP contribution in [0.15, 0.2) is 55.1 Å². The van der Waals surface area contributed by atoms with Gasteiger partial charge in [-0.05, 0) is 24.6 Å². The second-order valence-corrected chi connectivity index (χ2v) is 5.61. The van der Waals surface area contributed by atoms with Gasteiger partial charge in [-0.2, -0.15) is 5.90 Å². The van der Waals surface area contributed by atoms with E-state index in [0.717, 1.165) is 16.7 Å². The predicted octanol–water partition coefficient (Wildman–Crippen LogP) is 3.16. The summed E-state index contributed by atoms with van der Waals surface area (Å²) in [6, 6.07) is 14.8. The Morgan fingerprint density at radius 2 is 1.87 bits per heavy atom. The monoisotopic (exact) mass is 326 g/mol. The molecule has 0 fully saturated rings. The third-order valence-electron chi connectivity index (χ3n) is 3.38. The Balaban J connectivity index is 2.07. The first-order valence-corrected chi connectivity index (χ1v) is 7.47. The molecule has 0 heterocycles. The third kappa shape index (κ3) is 4.48. The van der Waals surface area contributed by atoms with Crippen molar-refractivity contribution in [2.24, 2.45) is 5.90 Å². The first-order chi connectivity index (χ1) is 11.0. The van der Waals surface area contributed by atoms with Crippen LogP contribution in [-0.2, 0) is 11.3 Å². The molecule has 0 spiro atoms. The average molecular weight is 326 g/mol. The Morgan fingerprint density at radius 1 is 1.22 bits per heavy atom. The summed E-state index contributed by atoms with van der Waals surface area (Å²) in [5.41, 5.74) is 3.32. The van der Waals surface area contributed by atoms with E-state index in [1.165, 1.54) is 0 Å². The van der Waals surface area contributed by atoms with Gasteiger partial charge in [-0.25, -0.2) is 0 Å². The summed E-state index contributed by atoms with van der Waals surface area (Å²) in [6.45, 7) is 5.72. The molecule has 3 N–H and O–H groups in total. The fourth-order valence-electron chi connectivity index (χ4n) is 2.13. The number of hydrogen-bond acceptors (Lipinski definition) is 4. The van der Waals surface area contributed by atoms with Gasteiger partial charge in [0.15, 0.2) is 0 Å². The number of nitrogens with two attached hydrogens (primary N) is 1. The van der Waals surface area contributed by atoms with Gasteiger partial charge in [0.05, 0.1) is 4.99 Å². The molecule has 0 saturated carbocycles. The topological polar surface area (TPSA) is 64.3 Å². The van der Waals surface area contributed by atoms with E-state index < -0.39 is 0 Å². The van der Waals surface area contributed by atoms with Gasteiger partial charge >= 0.3 is 0 Å². The van der Waals surface area contributed by atoms with Crippen LogP contribution in [0.2, 0.25) is 0 Å². The van der Waals surface area contributed by atoms with E-state index in [2.05, 4.69) is 11.9 Å². The summed E-state index contributed by atoms with van der Waals surface area (Å²) in [6.07, 6.45) is 0.394. The molecule has 2 rings (SSSR count). The summed E-state index contributed by atoms with van der Waals surface area (Å²) in [5, 5.41) is 2.74. The SMILES string of the molecule is C=C(ON)c1ccccc1CC(=S)NC(=O)c1ccc(C)cc1. The quantitative estimate of drug-likeness (QED) is 0.503. The molecular weight excluding hydrogens is 308 g/mol. The molecule has 0 aliphatic rings. The van der Waals surface area contributed by atoms with Gasteiger partial charge in [-0.1, -0.05) is 60.8 Å². The second-order valence-electron chi connectivity index (χ2n) is 5.12. The van der Waals surface area contributed by atoms with Crippen LogP contribution in [0.4, 0.5) is 0 Å². The van der Waals surface area contributed by atoms with E-state index in [4.69, 9.17) is 23.0 Å². The van der Waals surface area contributed by atoms with E-state index in [0.29, 0.717) is 22.7 Å². The lowest BCUT2D eigenvalue weighted by Crippen LogP contribution is -2.30. The molecule has 0 aliphatic carbocycles. The maximum atomic E-state index is 12.2. The summed E-state index contributed by atoms with van der Waals surface area (Å²) < 4.78 is 0. The molecule has 2 aromatic rings. The van der Waals surface area contributed by atoms with Gasteiger partial charge in [0.2, 0.25) is 0 Å². The minimum Gasteiger partial charge on any atom is -0.412 e. The molecule has 118 valence electrons. The molecular formula is C18H18N2O2S. The maximum Gasteiger partial charge on any atom is 0.256 e. The lowest BCUT2D eigenvalue weighted by Gasteiger charge is -2.12. The Bertz CT molecular complexity index is 739. The maximum absolute atomic E-state index is 12.2. The van der Waals surface area contributed by atoms with Crippen LogP contribution in [0.1, 0.15) is 27.0 Å². The number of aryl methyl sites for hydroxylation is 1. The molecule has 4 nitrogen and oxygen atoms in total. The lowest BCUT2D eigenvalue weighted by atomic mass is 10.0. The first-order valence-electron chi connectivity index (χ1n) is 7.06. The number of thiocarbonyl (C=S) groups is 1. The smallest absolute Gasteiger partial charge is 0.256 e. The summed E-state index contributed by atoms with van der Waals surface area (Å²) in [4.78, 5) is 17.3. The van der Waals surface area contributed by atoms with Crippen molar-refractivity contribution in [1.82, 2.24) is 5.32 Å². The Kier molecular flexibility index (Phi) is 5.62. The number of carbonyl (C=O) groups is 1. The minimum atomic E-state index is -0.221. The van der Waals surface area contributed by atoms with E-state index >= 15 is 0 Å². The van der Waals surface area contributed by atoms with Crippen molar-refractivity contribution < 1.29 is 9.63 Å². The lowest BCUT2D eigenvalue weighted by molar-refractivity contribution is 0.0977. The number of nitrogens with one attached hydrogen (secondary N) is 1. The van der Waals surface area contributed by atoms with Crippen molar-refractivity contribution in [3.05, 3.63) is 77.4 Å². The van der Waals surface area contributed by atoms with Crippen LogP contribution in [0.5, 0.6) is 0 Å². The molecule has 0 bridgehead atoms. The highest BCUT2D eigenvalue weighted by atomic mass is 32.1. The van der Waals surface area contributed by atoms with Crippen molar-refractivity contribution in [1.29, 1.82) is 0 Å². The minimum absolute atomic E-state index is 0.221. The highest BCUT2D eigenvalue weighted by Gasteiger charge is 2.11. The standard InChI is InChI=1S/C18H18N2O2S/c1-12-7-9-14(10-8-12)18(21)20-17(23)11-15-5-3-4-6-16(15)13(2)22-19/h3-10H,2,11,19H2,1H3,(H,20,21,23). The molecule has 23 heavy (non-hydrogen) atoms. The number of carbonyl (C=O) groups excluding carboxylic acids is 1. The van der Waals surface area contributed by atoms with Crippen LogP contribution in [0.3, 0.4) is 0 Å². The molecule has 0 radical (unpaired) electrons. The number of hydrogen-bond donors (Lipinski definition) is 2. The zero-order valence-electron chi connectivity index (χ0n) is 12.8. The molecule has 5 heteroatoms.